The summed E-state index contributed by atoms with van der Waals surface area (Å²) in [7, 11) is 1.52. The number of anilines is 1. The Morgan fingerprint density at radius 2 is 2.21 bits per heavy atom. The van der Waals surface area contributed by atoms with Crippen molar-refractivity contribution in [2.75, 3.05) is 18.6 Å². The summed E-state index contributed by atoms with van der Waals surface area (Å²) in [6.07, 6.45) is 0. The minimum absolute atomic E-state index is 0.149. The normalized spacial score (nSPS) is 17.3. The smallest absolute Gasteiger partial charge is 0.323 e. The van der Waals surface area contributed by atoms with Crippen LogP contribution in [0.3, 0.4) is 0 Å². The Bertz CT molecular complexity index is 569. The van der Waals surface area contributed by atoms with Gasteiger partial charge in [0.15, 0.2) is 5.92 Å². The Morgan fingerprint density at radius 3 is 2.79 bits per heavy atom. The Labute approximate surface area is 108 Å². The van der Waals surface area contributed by atoms with E-state index in [1.165, 1.54) is 30.1 Å². The van der Waals surface area contributed by atoms with E-state index in [-0.39, 0.29) is 12.3 Å². The van der Waals surface area contributed by atoms with Crippen molar-refractivity contribution in [2.45, 2.75) is 12.8 Å². The van der Waals surface area contributed by atoms with E-state index >= 15 is 0 Å². The van der Waals surface area contributed by atoms with Crippen molar-refractivity contribution in [3.8, 4) is 0 Å². The molecule has 7 heteroatoms. The first-order chi connectivity index (χ1) is 8.97. The first kappa shape index (κ1) is 13.0. The number of nitro benzene ring substituents is 1. The molecule has 7 nitrogen and oxygen atoms in total. The van der Waals surface area contributed by atoms with Gasteiger partial charge in [-0.05, 0) is 13.0 Å². The molecule has 1 aliphatic rings. The summed E-state index contributed by atoms with van der Waals surface area (Å²) in [6.45, 7) is 1.78. The fourth-order valence-corrected chi connectivity index (χ4v) is 2.09. The quantitative estimate of drug-likeness (QED) is 0.354. The lowest BCUT2D eigenvalue weighted by Gasteiger charge is -2.10. The zero-order chi connectivity index (χ0) is 14.2. The summed E-state index contributed by atoms with van der Waals surface area (Å²) in [5.74, 6) is -2.23. The number of hydrogen-bond donors (Lipinski definition) is 0. The summed E-state index contributed by atoms with van der Waals surface area (Å²) >= 11 is 0. The summed E-state index contributed by atoms with van der Waals surface area (Å²) in [4.78, 5) is 35.3. The zero-order valence-corrected chi connectivity index (χ0v) is 10.5. The van der Waals surface area contributed by atoms with Gasteiger partial charge in [0.1, 0.15) is 0 Å². The van der Waals surface area contributed by atoms with Gasteiger partial charge in [-0.15, -0.1) is 0 Å². The third-order valence-electron chi connectivity index (χ3n) is 2.99. The van der Waals surface area contributed by atoms with Crippen LogP contribution in [0.4, 0.5) is 11.4 Å². The van der Waals surface area contributed by atoms with Crippen molar-refractivity contribution in [1.29, 1.82) is 0 Å². The van der Waals surface area contributed by atoms with Crippen molar-refractivity contribution in [1.82, 2.24) is 0 Å². The molecule has 0 fully saturated rings. The third kappa shape index (κ3) is 2.03. The van der Waals surface area contributed by atoms with Crippen LogP contribution in [0.5, 0.6) is 0 Å². The number of nitrogens with zero attached hydrogens (tertiary/aromatic N) is 2. The van der Waals surface area contributed by atoms with Gasteiger partial charge in [-0.2, -0.15) is 0 Å². The van der Waals surface area contributed by atoms with E-state index in [0.29, 0.717) is 11.3 Å². The van der Waals surface area contributed by atoms with Crippen LogP contribution in [0.1, 0.15) is 18.4 Å². The second-order valence-corrected chi connectivity index (χ2v) is 4.08. The Hall–Kier alpha value is -2.44. The van der Waals surface area contributed by atoms with Gasteiger partial charge in [0.05, 0.1) is 11.5 Å². The molecule has 1 aliphatic heterocycles. The SMILES string of the molecule is CCOC(=O)C1C(=O)N(C)c2ccc([N+](=O)[O-])cc21. The number of esters is 1. The first-order valence-corrected chi connectivity index (χ1v) is 5.70. The van der Waals surface area contributed by atoms with Crippen LogP contribution in [-0.2, 0) is 14.3 Å². The molecule has 0 aromatic heterocycles. The highest BCUT2D eigenvalue weighted by Gasteiger charge is 2.42. The number of non-ortho nitro benzene ring substituents is 1. The van der Waals surface area contributed by atoms with Gasteiger partial charge in [-0.3, -0.25) is 19.7 Å². The molecule has 1 heterocycles. The standard InChI is InChI=1S/C12H12N2O5/c1-3-19-12(16)10-8-6-7(14(17)18)4-5-9(8)13(2)11(10)15/h4-6,10H,3H2,1-2H3. The van der Waals surface area contributed by atoms with Gasteiger partial charge >= 0.3 is 5.97 Å². The number of benzene rings is 1. The van der Waals surface area contributed by atoms with E-state index in [2.05, 4.69) is 0 Å². The van der Waals surface area contributed by atoms with E-state index in [1.807, 2.05) is 0 Å². The van der Waals surface area contributed by atoms with Crippen LogP contribution in [0.25, 0.3) is 0 Å². The van der Waals surface area contributed by atoms with Crippen LogP contribution in [0.15, 0.2) is 18.2 Å². The molecule has 1 unspecified atom stereocenters. The number of fused-ring (bicyclic) bond motifs is 1. The average Bonchev–Trinajstić information content (AvgIpc) is 2.62. The molecule has 0 saturated carbocycles. The van der Waals surface area contributed by atoms with Crippen molar-refractivity contribution < 1.29 is 19.2 Å². The molecule has 1 amide bonds. The Balaban J connectivity index is 2.50. The summed E-state index contributed by atoms with van der Waals surface area (Å²) < 4.78 is 4.85. The summed E-state index contributed by atoms with van der Waals surface area (Å²) in [5, 5.41) is 10.8. The minimum atomic E-state index is -1.11. The van der Waals surface area contributed by atoms with Crippen LogP contribution in [-0.4, -0.2) is 30.5 Å². The van der Waals surface area contributed by atoms with Gasteiger partial charge in [0, 0.05) is 30.4 Å². The number of likely N-dealkylation sites (N-methyl/N-ethyl adjacent to an activating group) is 1. The van der Waals surface area contributed by atoms with E-state index in [0.717, 1.165) is 0 Å². The topological polar surface area (TPSA) is 89.8 Å². The highest BCUT2D eigenvalue weighted by molar-refractivity contribution is 6.16. The molecule has 100 valence electrons. The second kappa shape index (κ2) is 4.68. The molecular weight excluding hydrogens is 252 g/mol. The lowest BCUT2D eigenvalue weighted by molar-refractivity contribution is -0.384. The monoisotopic (exact) mass is 264 g/mol. The average molecular weight is 264 g/mol. The van der Waals surface area contributed by atoms with Gasteiger partial charge in [-0.1, -0.05) is 0 Å². The molecule has 0 bridgehead atoms. The minimum Gasteiger partial charge on any atom is -0.465 e. The zero-order valence-electron chi connectivity index (χ0n) is 10.5. The van der Waals surface area contributed by atoms with Crippen LogP contribution in [0.2, 0.25) is 0 Å². The molecule has 0 aliphatic carbocycles. The van der Waals surface area contributed by atoms with Crippen molar-refractivity contribution >= 4 is 23.3 Å². The van der Waals surface area contributed by atoms with E-state index in [9.17, 15) is 19.7 Å². The van der Waals surface area contributed by atoms with Gasteiger partial charge in [0.2, 0.25) is 5.91 Å². The third-order valence-corrected chi connectivity index (χ3v) is 2.99. The maximum Gasteiger partial charge on any atom is 0.323 e. The first-order valence-electron chi connectivity index (χ1n) is 5.70. The van der Waals surface area contributed by atoms with Gasteiger partial charge < -0.3 is 9.64 Å². The fraction of sp³-hybridized carbons (Fsp3) is 0.333. The maximum absolute atomic E-state index is 12.0. The van der Waals surface area contributed by atoms with Crippen molar-refractivity contribution in [3.63, 3.8) is 0 Å². The molecule has 19 heavy (non-hydrogen) atoms. The number of rotatable bonds is 3. The molecular formula is C12H12N2O5. The lowest BCUT2D eigenvalue weighted by Crippen LogP contribution is -2.29. The lowest BCUT2D eigenvalue weighted by atomic mass is 10.0. The second-order valence-electron chi connectivity index (χ2n) is 4.08. The van der Waals surface area contributed by atoms with Crippen molar-refractivity contribution in [3.05, 3.63) is 33.9 Å². The summed E-state index contributed by atoms with van der Waals surface area (Å²) in [6, 6.07) is 4.01. The maximum atomic E-state index is 12.0. The number of amides is 1. The van der Waals surface area contributed by atoms with Gasteiger partial charge in [-0.25, -0.2) is 0 Å². The fourth-order valence-electron chi connectivity index (χ4n) is 2.09. The highest BCUT2D eigenvalue weighted by Crippen LogP contribution is 2.39. The molecule has 0 N–H and O–H groups in total. The predicted octanol–water partition coefficient (Wildman–Crippen LogP) is 1.22. The molecule has 0 radical (unpaired) electrons. The Morgan fingerprint density at radius 1 is 1.53 bits per heavy atom. The van der Waals surface area contributed by atoms with Crippen LogP contribution >= 0.6 is 0 Å². The molecule has 2 rings (SSSR count). The molecule has 1 aromatic carbocycles. The van der Waals surface area contributed by atoms with E-state index < -0.39 is 22.7 Å². The van der Waals surface area contributed by atoms with Crippen LogP contribution in [0, 0.1) is 10.1 Å². The Kier molecular flexibility index (Phi) is 3.20. The number of hydrogen-bond acceptors (Lipinski definition) is 5. The molecule has 1 aromatic rings. The van der Waals surface area contributed by atoms with Gasteiger partial charge in [0.25, 0.3) is 5.69 Å². The number of carbonyl (C=O) groups is 2. The largest absolute Gasteiger partial charge is 0.465 e. The highest BCUT2D eigenvalue weighted by atomic mass is 16.6. The molecule has 0 spiro atoms. The van der Waals surface area contributed by atoms with E-state index in [4.69, 9.17) is 4.74 Å². The van der Waals surface area contributed by atoms with Crippen molar-refractivity contribution in [2.24, 2.45) is 0 Å². The number of nitro groups is 1. The summed E-state index contributed by atoms with van der Waals surface area (Å²) in [5.41, 5.74) is 0.657. The molecule has 0 saturated heterocycles. The molecule has 1 atom stereocenters. The van der Waals surface area contributed by atoms with E-state index in [1.54, 1.807) is 6.92 Å². The number of carbonyl (C=O) groups excluding carboxylic acids is 2. The van der Waals surface area contributed by atoms with Crippen LogP contribution < -0.4 is 4.90 Å². The number of ether oxygens (including phenoxy) is 1. The predicted molar refractivity (Wildman–Crippen MR) is 65.9 cm³/mol.